The van der Waals surface area contributed by atoms with Crippen molar-refractivity contribution in [2.75, 3.05) is 19.0 Å². The number of aliphatic hydroxyl groups excluding tert-OH is 1. The lowest BCUT2D eigenvalue weighted by atomic mass is 10.0. The van der Waals surface area contributed by atoms with Crippen LogP contribution in [0.2, 0.25) is 10.0 Å². The van der Waals surface area contributed by atoms with Gasteiger partial charge in [-0.1, -0.05) is 43.1 Å². The Balaban J connectivity index is 2.16. The van der Waals surface area contributed by atoms with E-state index in [1.807, 2.05) is 13.8 Å². The third-order valence-corrected chi connectivity index (χ3v) is 5.91. The van der Waals surface area contributed by atoms with Crippen LogP contribution in [0, 0.1) is 5.92 Å². The number of pyridine rings is 2. The summed E-state index contributed by atoms with van der Waals surface area (Å²) in [5, 5.41) is 23.5. The molecule has 8 nitrogen and oxygen atoms in total. The number of benzene rings is 1. The van der Waals surface area contributed by atoms with Crippen LogP contribution in [0.15, 0.2) is 35.3 Å². The number of aromatic carboxylic acids is 1. The maximum absolute atomic E-state index is 12.9. The van der Waals surface area contributed by atoms with Gasteiger partial charge in [-0.3, -0.25) is 4.79 Å². The second-order valence-electron chi connectivity index (χ2n) is 7.60. The molecule has 0 aliphatic carbocycles. The Morgan fingerprint density at radius 3 is 2.53 bits per heavy atom. The molecule has 1 aromatic carbocycles. The molecular formula is C22H23Cl2N3O5. The van der Waals surface area contributed by atoms with Crippen molar-refractivity contribution in [1.29, 1.82) is 0 Å². The highest BCUT2D eigenvalue weighted by atomic mass is 35.5. The molecule has 3 rings (SSSR count). The summed E-state index contributed by atoms with van der Waals surface area (Å²) in [4.78, 5) is 29.1. The van der Waals surface area contributed by atoms with Gasteiger partial charge in [-0.2, -0.15) is 4.98 Å². The molecule has 32 heavy (non-hydrogen) atoms. The lowest BCUT2D eigenvalue weighted by Crippen LogP contribution is -2.26. The fourth-order valence-electron chi connectivity index (χ4n) is 3.41. The highest BCUT2D eigenvalue weighted by molar-refractivity contribution is 6.42. The molecule has 1 unspecified atom stereocenters. The number of aromatic nitrogens is 2. The molecule has 0 fully saturated rings. The number of carbonyl (C=O) groups is 1. The third kappa shape index (κ3) is 4.67. The van der Waals surface area contributed by atoms with Crippen LogP contribution in [0.1, 0.15) is 35.8 Å². The normalized spacial score (nSPS) is 12.2. The zero-order chi connectivity index (χ0) is 23.6. The van der Waals surface area contributed by atoms with Crippen LogP contribution in [-0.2, 0) is 6.54 Å². The summed E-state index contributed by atoms with van der Waals surface area (Å²) in [5.41, 5.74) is 0.390. The molecule has 1 atom stereocenters. The second kappa shape index (κ2) is 9.77. The molecule has 0 spiro atoms. The number of hydrogen-bond donors (Lipinski definition) is 3. The molecule has 3 aromatic rings. The van der Waals surface area contributed by atoms with E-state index in [-0.39, 0.29) is 29.4 Å². The number of nitrogens with zero attached hydrogens (tertiary/aromatic N) is 2. The van der Waals surface area contributed by atoms with E-state index in [1.54, 1.807) is 18.2 Å². The van der Waals surface area contributed by atoms with Crippen LogP contribution in [0.5, 0.6) is 5.88 Å². The quantitative estimate of drug-likeness (QED) is 0.443. The number of carboxylic acid groups (broad SMARTS) is 1. The zero-order valence-corrected chi connectivity index (χ0v) is 19.2. The lowest BCUT2D eigenvalue weighted by molar-refractivity contribution is 0.0694. The number of aliphatic hydroxyl groups is 1. The summed E-state index contributed by atoms with van der Waals surface area (Å²) < 4.78 is 6.94. The Hall–Kier alpha value is -2.81. The van der Waals surface area contributed by atoms with E-state index in [0.29, 0.717) is 22.3 Å². The van der Waals surface area contributed by atoms with Crippen LogP contribution in [0.3, 0.4) is 0 Å². The van der Waals surface area contributed by atoms with Crippen molar-refractivity contribution in [2.45, 2.75) is 26.4 Å². The standard InChI is InChI=1S/C22H23Cl2N3O5/c1-11(2)18(10-28)27-9-14(22(30)31)19(29)13-7-17(21(32-3)26-20(13)27)25-8-12-4-5-15(23)16(24)6-12/h4-7,9,11,18,25,28H,8,10H2,1-3H3,(H,30,31). The number of nitrogens with one attached hydrogen (secondary N) is 1. The topological polar surface area (TPSA) is 114 Å². The second-order valence-corrected chi connectivity index (χ2v) is 8.41. The molecule has 0 aliphatic heterocycles. The number of carboxylic acids is 1. The fourth-order valence-corrected chi connectivity index (χ4v) is 3.73. The van der Waals surface area contributed by atoms with Gasteiger partial charge < -0.3 is 24.8 Å². The van der Waals surface area contributed by atoms with E-state index in [1.165, 1.54) is 23.9 Å². The number of ether oxygens (including phenoxy) is 1. The summed E-state index contributed by atoms with van der Waals surface area (Å²) in [5.74, 6) is -1.19. The van der Waals surface area contributed by atoms with Gasteiger partial charge in [-0.25, -0.2) is 4.79 Å². The Bertz CT molecular complexity index is 1230. The number of methoxy groups -OCH3 is 1. The Morgan fingerprint density at radius 2 is 1.97 bits per heavy atom. The number of hydrogen-bond acceptors (Lipinski definition) is 6. The van der Waals surface area contributed by atoms with Crippen molar-refractivity contribution in [3.05, 3.63) is 61.9 Å². The molecule has 0 saturated carbocycles. The first-order valence-corrected chi connectivity index (χ1v) is 10.6. The maximum atomic E-state index is 12.9. The summed E-state index contributed by atoms with van der Waals surface area (Å²) in [6, 6.07) is 6.21. The largest absolute Gasteiger partial charge is 0.479 e. The molecule has 0 radical (unpaired) electrons. The van der Waals surface area contributed by atoms with E-state index >= 15 is 0 Å². The lowest BCUT2D eigenvalue weighted by Gasteiger charge is -2.24. The highest BCUT2D eigenvalue weighted by Gasteiger charge is 2.23. The Morgan fingerprint density at radius 1 is 1.25 bits per heavy atom. The molecule has 0 amide bonds. The third-order valence-electron chi connectivity index (χ3n) is 5.17. The van der Waals surface area contributed by atoms with Crippen LogP contribution in [0.25, 0.3) is 11.0 Å². The van der Waals surface area contributed by atoms with Gasteiger partial charge in [0.1, 0.15) is 11.2 Å². The van der Waals surface area contributed by atoms with Crippen LogP contribution < -0.4 is 15.5 Å². The molecule has 170 valence electrons. The SMILES string of the molecule is COc1nc2c(cc1NCc1ccc(Cl)c(Cl)c1)c(=O)c(C(=O)O)cn2C(CO)C(C)C. The van der Waals surface area contributed by atoms with Gasteiger partial charge in [0.05, 0.1) is 40.9 Å². The molecule has 10 heteroatoms. The van der Waals surface area contributed by atoms with E-state index in [4.69, 9.17) is 27.9 Å². The van der Waals surface area contributed by atoms with Gasteiger partial charge in [-0.05, 0) is 29.7 Å². The van der Waals surface area contributed by atoms with Crippen LogP contribution in [0.4, 0.5) is 5.69 Å². The van der Waals surface area contributed by atoms with Gasteiger partial charge in [0.15, 0.2) is 0 Å². The molecule has 0 bridgehead atoms. The molecule has 0 aliphatic rings. The minimum atomic E-state index is -1.35. The van der Waals surface area contributed by atoms with Crippen molar-refractivity contribution in [1.82, 2.24) is 9.55 Å². The Labute approximate surface area is 194 Å². The number of rotatable bonds is 8. The predicted octanol–water partition coefficient (Wildman–Crippen LogP) is 4.21. The van der Waals surface area contributed by atoms with Crippen molar-refractivity contribution in [3.8, 4) is 5.88 Å². The van der Waals surface area contributed by atoms with Crippen LogP contribution >= 0.6 is 23.2 Å². The van der Waals surface area contributed by atoms with Crippen molar-refractivity contribution in [3.63, 3.8) is 0 Å². The highest BCUT2D eigenvalue weighted by Crippen LogP contribution is 2.30. The monoisotopic (exact) mass is 479 g/mol. The van der Waals surface area contributed by atoms with E-state index < -0.39 is 23.0 Å². The molecule has 3 N–H and O–H groups in total. The van der Waals surface area contributed by atoms with Crippen molar-refractivity contribution < 1.29 is 19.7 Å². The summed E-state index contributed by atoms with van der Waals surface area (Å²) in [6.45, 7) is 3.85. The summed E-state index contributed by atoms with van der Waals surface area (Å²) >= 11 is 12.0. The first kappa shape index (κ1) is 23.8. The maximum Gasteiger partial charge on any atom is 0.341 e. The number of fused-ring (bicyclic) bond motifs is 1. The smallest absolute Gasteiger partial charge is 0.341 e. The van der Waals surface area contributed by atoms with E-state index in [2.05, 4.69) is 10.3 Å². The van der Waals surface area contributed by atoms with Crippen molar-refractivity contribution >= 4 is 45.9 Å². The fraction of sp³-hybridized carbons (Fsp3) is 0.318. The average molecular weight is 480 g/mol. The van der Waals surface area contributed by atoms with Gasteiger partial charge >= 0.3 is 5.97 Å². The van der Waals surface area contributed by atoms with Crippen LogP contribution in [-0.4, -0.2) is 39.5 Å². The van der Waals surface area contributed by atoms with Crippen molar-refractivity contribution in [2.24, 2.45) is 5.92 Å². The van der Waals surface area contributed by atoms with E-state index in [9.17, 15) is 19.8 Å². The number of halogens is 2. The average Bonchev–Trinajstić information content (AvgIpc) is 2.75. The first-order chi connectivity index (χ1) is 15.2. The first-order valence-electron chi connectivity index (χ1n) is 9.83. The minimum Gasteiger partial charge on any atom is -0.479 e. The zero-order valence-electron chi connectivity index (χ0n) is 17.7. The minimum absolute atomic E-state index is 0.0485. The van der Waals surface area contributed by atoms with Gasteiger partial charge in [-0.15, -0.1) is 0 Å². The van der Waals surface area contributed by atoms with Gasteiger partial charge in [0, 0.05) is 12.7 Å². The molecular weight excluding hydrogens is 457 g/mol. The van der Waals surface area contributed by atoms with E-state index in [0.717, 1.165) is 5.56 Å². The Kier molecular flexibility index (Phi) is 7.28. The molecule has 0 saturated heterocycles. The molecule has 2 heterocycles. The summed E-state index contributed by atoms with van der Waals surface area (Å²) in [6.07, 6.45) is 1.23. The summed E-state index contributed by atoms with van der Waals surface area (Å²) in [7, 11) is 1.44. The number of anilines is 1. The van der Waals surface area contributed by atoms with Gasteiger partial charge in [0.25, 0.3) is 0 Å². The molecule has 2 aromatic heterocycles. The predicted molar refractivity (Wildman–Crippen MR) is 124 cm³/mol. The van der Waals surface area contributed by atoms with Gasteiger partial charge in [0.2, 0.25) is 11.3 Å².